The van der Waals surface area contributed by atoms with Crippen molar-refractivity contribution in [2.75, 3.05) is 19.8 Å². The van der Waals surface area contributed by atoms with E-state index in [9.17, 15) is 19.5 Å². The molecular formula is C25H26N2O6. The largest absolute Gasteiger partial charge is 0.479 e. The molecule has 8 nitrogen and oxygen atoms in total. The summed E-state index contributed by atoms with van der Waals surface area (Å²) < 4.78 is 10.8. The van der Waals surface area contributed by atoms with Crippen molar-refractivity contribution < 1.29 is 29.0 Å². The van der Waals surface area contributed by atoms with Crippen LogP contribution in [0.2, 0.25) is 0 Å². The number of carboxylic acids is 1. The second kappa shape index (κ2) is 8.51. The van der Waals surface area contributed by atoms with E-state index in [0.717, 1.165) is 22.3 Å². The zero-order valence-corrected chi connectivity index (χ0v) is 18.1. The lowest BCUT2D eigenvalue weighted by atomic mass is 9.98. The van der Waals surface area contributed by atoms with Gasteiger partial charge in [0.1, 0.15) is 12.1 Å². The molecule has 0 radical (unpaired) electrons. The van der Waals surface area contributed by atoms with Crippen molar-refractivity contribution in [3.05, 3.63) is 59.7 Å². The van der Waals surface area contributed by atoms with Gasteiger partial charge in [0.2, 0.25) is 5.91 Å². The summed E-state index contributed by atoms with van der Waals surface area (Å²) in [5.74, 6) is -1.67. The molecule has 1 saturated carbocycles. The fraction of sp³-hybridized carbons (Fsp3) is 0.400. The molecule has 8 heteroatoms. The summed E-state index contributed by atoms with van der Waals surface area (Å²) >= 11 is 0. The van der Waals surface area contributed by atoms with Crippen LogP contribution in [-0.2, 0) is 19.1 Å². The first-order valence-corrected chi connectivity index (χ1v) is 11.2. The Morgan fingerprint density at radius 1 is 1.03 bits per heavy atom. The highest BCUT2D eigenvalue weighted by atomic mass is 16.5. The van der Waals surface area contributed by atoms with E-state index in [-0.39, 0.29) is 30.9 Å². The van der Waals surface area contributed by atoms with Crippen molar-refractivity contribution in [3.63, 3.8) is 0 Å². The van der Waals surface area contributed by atoms with Gasteiger partial charge in [0.15, 0.2) is 6.10 Å². The Morgan fingerprint density at radius 2 is 1.67 bits per heavy atom. The number of amides is 2. The maximum Gasteiger partial charge on any atom is 0.408 e. The Bertz CT molecular complexity index is 1050. The second-order valence-corrected chi connectivity index (χ2v) is 8.92. The van der Waals surface area contributed by atoms with E-state index >= 15 is 0 Å². The predicted molar refractivity (Wildman–Crippen MR) is 119 cm³/mol. The molecule has 5 rings (SSSR count). The summed E-state index contributed by atoms with van der Waals surface area (Å²) in [5.41, 5.74) is 3.56. The van der Waals surface area contributed by atoms with E-state index in [0.29, 0.717) is 25.9 Å². The number of aliphatic carboxylic acids is 1. The van der Waals surface area contributed by atoms with E-state index in [4.69, 9.17) is 9.47 Å². The van der Waals surface area contributed by atoms with Crippen LogP contribution >= 0.6 is 0 Å². The van der Waals surface area contributed by atoms with Crippen LogP contribution in [-0.4, -0.2) is 54.5 Å². The van der Waals surface area contributed by atoms with Gasteiger partial charge in [0.25, 0.3) is 0 Å². The van der Waals surface area contributed by atoms with Gasteiger partial charge in [0.05, 0.1) is 0 Å². The Hall–Kier alpha value is -3.39. The molecule has 1 heterocycles. The minimum Gasteiger partial charge on any atom is -0.479 e. The number of hydrogen-bond acceptors (Lipinski definition) is 5. The lowest BCUT2D eigenvalue weighted by Crippen LogP contribution is -2.50. The van der Waals surface area contributed by atoms with Crippen LogP contribution in [0.5, 0.6) is 0 Å². The van der Waals surface area contributed by atoms with Crippen molar-refractivity contribution in [3.8, 4) is 11.1 Å². The van der Waals surface area contributed by atoms with Crippen LogP contribution in [0.1, 0.15) is 36.3 Å². The molecule has 3 aliphatic rings. The molecule has 3 N–H and O–H groups in total. The first-order valence-electron chi connectivity index (χ1n) is 11.2. The van der Waals surface area contributed by atoms with Gasteiger partial charge >= 0.3 is 12.1 Å². The van der Waals surface area contributed by atoms with Crippen LogP contribution in [0, 0.1) is 5.92 Å². The van der Waals surface area contributed by atoms with Crippen molar-refractivity contribution in [2.45, 2.75) is 36.8 Å². The molecule has 0 spiro atoms. The molecular weight excluding hydrogens is 424 g/mol. The molecule has 2 fully saturated rings. The Balaban J connectivity index is 1.17. The summed E-state index contributed by atoms with van der Waals surface area (Å²) in [7, 11) is 0. The first kappa shape index (κ1) is 21.5. The maximum absolute atomic E-state index is 12.7. The van der Waals surface area contributed by atoms with Gasteiger partial charge in [0, 0.05) is 25.0 Å². The number of nitrogens with one attached hydrogen (secondary N) is 2. The van der Waals surface area contributed by atoms with E-state index < -0.39 is 23.7 Å². The Morgan fingerprint density at radius 3 is 2.27 bits per heavy atom. The number of benzene rings is 2. The van der Waals surface area contributed by atoms with Gasteiger partial charge < -0.3 is 25.2 Å². The molecule has 2 aromatic carbocycles. The standard InChI is InChI=1S/C25H26N2O6/c28-22(29)21-15(9-12-32-21)13-26-23(30)25(10-11-25)27-24(31)33-14-20-18-7-3-1-5-16(18)17-6-2-4-8-19(17)20/h1-8,15,20-21H,9-14H2,(H,26,30)(H,27,31)(H,28,29). The number of carbonyl (C=O) groups excluding carboxylic acids is 2. The van der Waals surface area contributed by atoms with Gasteiger partial charge in [-0.15, -0.1) is 0 Å². The molecule has 2 atom stereocenters. The first-order chi connectivity index (χ1) is 16.0. The smallest absolute Gasteiger partial charge is 0.408 e. The summed E-state index contributed by atoms with van der Waals surface area (Å²) in [4.78, 5) is 36.5. The van der Waals surface area contributed by atoms with Gasteiger partial charge in [-0.25, -0.2) is 9.59 Å². The van der Waals surface area contributed by atoms with Crippen LogP contribution in [0.25, 0.3) is 11.1 Å². The highest BCUT2D eigenvalue weighted by Gasteiger charge is 2.52. The maximum atomic E-state index is 12.7. The number of fused-ring (bicyclic) bond motifs is 3. The van der Waals surface area contributed by atoms with Crippen LogP contribution in [0.15, 0.2) is 48.5 Å². The fourth-order valence-corrected chi connectivity index (χ4v) is 4.87. The third kappa shape index (κ3) is 4.06. The zero-order chi connectivity index (χ0) is 23.0. The van der Waals surface area contributed by atoms with E-state index in [1.54, 1.807) is 0 Å². The lowest BCUT2D eigenvalue weighted by molar-refractivity contribution is -0.149. The van der Waals surface area contributed by atoms with Crippen molar-refractivity contribution in [1.29, 1.82) is 0 Å². The quantitative estimate of drug-likeness (QED) is 0.598. The third-order valence-electron chi connectivity index (χ3n) is 6.85. The van der Waals surface area contributed by atoms with Crippen molar-refractivity contribution in [2.24, 2.45) is 5.92 Å². The minimum absolute atomic E-state index is 0.0533. The van der Waals surface area contributed by atoms with Crippen LogP contribution in [0.4, 0.5) is 4.79 Å². The van der Waals surface area contributed by atoms with Crippen molar-refractivity contribution >= 4 is 18.0 Å². The molecule has 33 heavy (non-hydrogen) atoms. The van der Waals surface area contributed by atoms with Gasteiger partial charge in [-0.2, -0.15) is 0 Å². The number of carbonyl (C=O) groups is 3. The van der Waals surface area contributed by atoms with E-state index in [1.165, 1.54) is 0 Å². The summed E-state index contributed by atoms with van der Waals surface area (Å²) in [5, 5.41) is 14.7. The Labute approximate surface area is 191 Å². The summed E-state index contributed by atoms with van der Waals surface area (Å²) in [6.45, 7) is 0.738. The summed E-state index contributed by atoms with van der Waals surface area (Å²) in [6.07, 6.45) is 0.0797. The lowest BCUT2D eigenvalue weighted by Gasteiger charge is -2.21. The predicted octanol–water partition coefficient (Wildman–Crippen LogP) is 2.66. The minimum atomic E-state index is -1.02. The summed E-state index contributed by atoms with van der Waals surface area (Å²) in [6, 6.07) is 16.2. The SMILES string of the molecule is O=C(NC1(C(=O)NCC2CCOC2C(=O)O)CC1)OCC1c2ccccc2-c2ccccc21. The Kier molecular flexibility index (Phi) is 5.54. The molecule has 2 unspecified atom stereocenters. The number of carboxylic acid groups (broad SMARTS) is 1. The second-order valence-electron chi connectivity index (χ2n) is 8.92. The van der Waals surface area contributed by atoms with E-state index in [2.05, 4.69) is 22.8 Å². The number of ether oxygens (including phenoxy) is 2. The fourth-order valence-electron chi connectivity index (χ4n) is 4.87. The molecule has 0 bridgehead atoms. The van der Waals surface area contributed by atoms with Gasteiger partial charge in [-0.05, 0) is 41.5 Å². The van der Waals surface area contributed by atoms with Gasteiger partial charge in [-0.1, -0.05) is 48.5 Å². The zero-order valence-electron chi connectivity index (χ0n) is 18.1. The normalized spacial score (nSPS) is 22.2. The van der Waals surface area contributed by atoms with Crippen LogP contribution in [0.3, 0.4) is 0 Å². The molecule has 2 aromatic rings. The average molecular weight is 450 g/mol. The highest BCUT2D eigenvalue weighted by molar-refractivity contribution is 5.93. The molecule has 1 saturated heterocycles. The van der Waals surface area contributed by atoms with Gasteiger partial charge in [-0.3, -0.25) is 4.79 Å². The number of hydrogen-bond donors (Lipinski definition) is 3. The van der Waals surface area contributed by atoms with E-state index in [1.807, 2.05) is 36.4 Å². The topological polar surface area (TPSA) is 114 Å². The van der Waals surface area contributed by atoms with Crippen LogP contribution < -0.4 is 10.6 Å². The van der Waals surface area contributed by atoms with Crippen molar-refractivity contribution in [1.82, 2.24) is 10.6 Å². The molecule has 0 aromatic heterocycles. The average Bonchev–Trinajstić information content (AvgIpc) is 3.31. The molecule has 2 amide bonds. The third-order valence-corrected chi connectivity index (χ3v) is 6.85. The monoisotopic (exact) mass is 450 g/mol. The highest BCUT2D eigenvalue weighted by Crippen LogP contribution is 2.44. The number of alkyl carbamates (subject to hydrolysis) is 1. The number of rotatable bonds is 7. The molecule has 1 aliphatic heterocycles. The molecule has 172 valence electrons. The molecule has 2 aliphatic carbocycles.